The van der Waals surface area contributed by atoms with E-state index in [1.807, 2.05) is 26.0 Å². The molecule has 0 aliphatic rings. The Labute approximate surface area is 175 Å². The fraction of sp³-hybridized carbons (Fsp3) is 0.238. The molecule has 29 heavy (non-hydrogen) atoms. The average molecular weight is 439 g/mol. The highest BCUT2D eigenvalue weighted by Gasteiger charge is 2.30. The molecule has 2 aromatic carbocycles. The van der Waals surface area contributed by atoms with E-state index in [-0.39, 0.29) is 6.10 Å². The molecular formula is C21H18ClF3N2OS. The molecule has 0 saturated heterocycles. The molecular weight excluding hydrogens is 421 g/mol. The Hall–Kier alpha value is -2.38. The highest BCUT2D eigenvalue weighted by atomic mass is 35.5. The van der Waals surface area contributed by atoms with Crippen molar-refractivity contribution in [3.05, 3.63) is 69.2 Å². The van der Waals surface area contributed by atoms with E-state index < -0.39 is 11.7 Å². The van der Waals surface area contributed by atoms with Gasteiger partial charge in [0.2, 0.25) is 0 Å². The summed E-state index contributed by atoms with van der Waals surface area (Å²) in [6.45, 7) is 3.75. The van der Waals surface area contributed by atoms with Gasteiger partial charge >= 0.3 is 6.18 Å². The minimum Gasteiger partial charge on any atom is -0.485 e. The molecule has 3 aromatic rings. The van der Waals surface area contributed by atoms with Crippen molar-refractivity contribution in [2.75, 3.05) is 7.05 Å². The van der Waals surface area contributed by atoms with Crippen LogP contribution in [-0.2, 0) is 6.18 Å². The lowest BCUT2D eigenvalue weighted by molar-refractivity contribution is -0.137. The lowest BCUT2D eigenvalue weighted by atomic mass is 10.1. The summed E-state index contributed by atoms with van der Waals surface area (Å²) in [5, 5.41) is 1.18. The first-order chi connectivity index (χ1) is 13.7. The number of halogens is 4. The van der Waals surface area contributed by atoms with E-state index in [4.69, 9.17) is 16.3 Å². The summed E-state index contributed by atoms with van der Waals surface area (Å²) in [6.07, 6.45) is -2.98. The zero-order valence-electron chi connectivity index (χ0n) is 15.9. The molecule has 152 valence electrons. The van der Waals surface area contributed by atoms with Crippen molar-refractivity contribution in [1.29, 1.82) is 0 Å². The topological polar surface area (TPSA) is 34.5 Å². The van der Waals surface area contributed by atoms with Gasteiger partial charge in [0.15, 0.2) is 0 Å². The number of aromatic nitrogens is 1. The molecule has 0 spiro atoms. The molecule has 0 fully saturated rings. The van der Waals surface area contributed by atoms with Crippen molar-refractivity contribution in [3.8, 4) is 16.3 Å². The number of alkyl halides is 3. The molecule has 1 atom stereocenters. The normalized spacial score (nSPS) is 13.1. The number of ether oxygens (including phenoxy) is 1. The highest BCUT2D eigenvalue weighted by Crippen LogP contribution is 2.36. The second kappa shape index (κ2) is 8.55. The molecule has 8 heteroatoms. The van der Waals surface area contributed by atoms with Crippen LogP contribution >= 0.6 is 22.9 Å². The molecule has 0 aliphatic carbocycles. The second-order valence-electron chi connectivity index (χ2n) is 6.37. The van der Waals surface area contributed by atoms with Gasteiger partial charge in [-0.2, -0.15) is 13.2 Å². The SMILES string of the molecule is CN=Cc1ccc(OC(C)c2sc(-c3ccc(C(F)(F)F)cc3)nc2C)cc1Cl. The fourth-order valence-electron chi connectivity index (χ4n) is 2.79. The Balaban J connectivity index is 1.80. The van der Waals surface area contributed by atoms with Gasteiger partial charge in [0, 0.05) is 24.4 Å². The Bertz CT molecular complexity index is 1030. The zero-order chi connectivity index (χ0) is 21.2. The van der Waals surface area contributed by atoms with E-state index in [1.54, 1.807) is 19.3 Å². The molecule has 0 bridgehead atoms. The third kappa shape index (κ3) is 4.97. The van der Waals surface area contributed by atoms with Crippen LogP contribution in [0.25, 0.3) is 10.6 Å². The quantitative estimate of drug-likeness (QED) is 0.403. The van der Waals surface area contributed by atoms with Crippen LogP contribution in [0.5, 0.6) is 5.75 Å². The van der Waals surface area contributed by atoms with E-state index >= 15 is 0 Å². The summed E-state index contributed by atoms with van der Waals surface area (Å²) in [5.74, 6) is 0.611. The molecule has 0 aliphatic heterocycles. The zero-order valence-corrected chi connectivity index (χ0v) is 17.5. The maximum Gasteiger partial charge on any atom is 0.416 e. The Morgan fingerprint density at radius 2 is 1.86 bits per heavy atom. The number of benzene rings is 2. The van der Waals surface area contributed by atoms with Gasteiger partial charge in [0.1, 0.15) is 16.9 Å². The van der Waals surface area contributed by atoms with E-state index in [0.29, 0.717) is 21.3 Å². The minimum absolute atomic E-state index is 0.294. The maximum atomic E-state index is 12.8. The standard InChI is InChI=1S/C21H18ClF3N2OS/c1-12-19(13(2)28-17-9-6-15(11-26-3)18(22)10-17)29-20(27-12)14-4-7-16(8-5-14)21(23,24)25/h4-11,13H,1-3H3. The van der Waals surface area contributed by atoms with Crippen LogP contribution in [0, 0.1) is 6.92 Å². The predicted molar refractivity (Wildman–Crippen MR) is 111 cm³/mol. The summed E-state index contributed by atoms with van der Waals surface area (Å²) < 4.78 is 44.3. The maximum absolute atomic E-state index is 12.8. The van der Waals surface area contributed by atoms with Crippen molar-refractivity contribution in [2.24, 2.45) is 4.99 Å². The average Bonchev–Trinajstić information content (AvgIpc) is 3.05. The van der Waals surface area contributed by atoms with Gasteiger partial charge in [-0.05, 0) is 44.2 Å². The van der Waals surface area contributed by atoms with Crippen LogP contribution in [0.15, 0.2) is 47.5 Å². The summed E-state index contributed by atoms with van der Waals surface area (Å²) in [4.78, 5) is 9.35. The molecule has 3 nitrogen and oxygen atoms in total. The van der Waals surface area contributed by atoms with Crippen LogP contribution in [0.3, 0.4) is 0 Å². The second-order valence-corrected chi connectivity index (χ2v) is 7.81. The van der Waals surface area contributed by atoms with Gasteiger partial charge in [-0.25, -0.2) is 4.98 Å². The van der Waals surface area contributed by atoms with Crippen molar-refractivity contribution < 1.29 is 17.9 Å². The number of hydrogen-bond donors (Lipinski definition) is 0. The van der Waals surface area contributed by atoms with Gasteiger partial charge in [-0.15, -0.1) is 11.3 Å². The number of aryl methyl sites for hydroxylation is 1. The molecule has 0 amide bonds. The summed E-state index contributed by atoms with van der Waals surface area (Å²) >= 11 is 7.63. The predicted octanol–water partition coefficient (Wildman–Crippen LogP) is 6.98. The number of thiazole rings is 1. The van der Waals surface area contributed by atoms with Crippen LogP contribution in [0.2, 0.25) is 5.02 Å². The summed E-state index contributed by atoms with van der Waals surface area (Å²) in [6, 6.07) is 10.4. The molecule has 1 aromatic heterocycles. The number of rotatable bonds is 5. The van der Waals surface area contributed by atoms with E-state index in [0.717, 1.165) is 28.3 Å². The van der Waals surface area contributed by atoms with Crippen molar-refractivity contribution in [3.63, 3.8) is 0 Å². The van der Waals surface area contributed by atoms with E-state index in [9.17, 15) is 13.2 Å². The van der Waals surface area contributed by atoms with Gasteiger partial charge in [-0.3, -0.25) is 4.99 Å². The lowest BCUT2D eigenvalue weighted by Crippen LogP contribution is -2.03. The van der Waals surface area contributed by atoms with Crippen molar-refractivity contribution in [1.82, 2.24) is 4.98 Å². The summed E-state index contributed by atoms with van der Waals surface area (Å²) in [7, 11) is 1.67. The van der Waals surface area contributed by atoms with Gasteiger partial charge in [-0.1, -0.05) is 23.7 Å². The number of nitrogens with zero attached hydrogens (tertiary/aromatic N) is 2. The molecule has 1 unspecified atom stereocenters. The molecule has 0 N–H and O–H groups in total. The molecule has 3 rings (SSSR count). The van der Waals surface area contributed by atoms with Gasteiger partial charge in [0.25, 0.3) is 0 Å². The van der Waals surface area contributed by atoms with Crippen LogP contribution < -0.4 is 4.74 Å². The third-order valence-electron chi connectivity index (χ3n) is 4.21. The van der Waals surface area contributed by atoms with Crippen LogP contribution in [0.4, 0.5) is 13.2 Å². The highest BCUT2D eigenvalue weighted by molar-refractivity contribution is 7.15. The Kier molecular flexibility index (Phi) is 6.29. The fourth-order valence-corrected chi connectivity index (χ4v) is 4.06. The monoisotopic (exact) mass is 438 g/mol. The van der Waals surface area contributed by atoms with Gasteiger partial charge < -0.3 is 4.74 Å². The first-order valence-electron chi connectivity index (χ1n) is 8.72. The largest absolute Gasteiger partial charge is 0.485 e. The van der Waals surface area contributed by atoms with Crippen LogP contribution in [-0.4, -0.2) is 18.2 Å². The molecule has 0 radical (unpaired) electrons. The number of aliphatic imine (C=N–C) groups is 1. The first-order valence-corrected chi connectivity index (χ1v) is 9.92. The minimum atomic E-state index is -4.36. The van der Waals surface area contributed by atoms with Crippen molar-refractivity contribution >= 4 is 29.2 Å². The third-order valence-corrected chi connectivity index (χ3v) is 5.91. The van der Waals surface area contributed by atoms with E-state index in [1.165, 1.54) is 23.5 Å². The smallest absolute Gasteiger partial charge is 0.416 e. The lowest BCUT2D eigenvalue weighted by Gasteiger charge is -2.14. The Morgan fingerprint density at radius 1 is 1.17 bits per heavy atom. The van der Waals surface area contributed by atoms with Crippen LogP contribution in [0.1, 0.15) is 34.7 Å². The van der Waals surface area contributed by atoms with Crippen molar-refractivity contribution in [2.45, 2.75) is 26.1 Å². The van der Waals surface area contributed by atoms with Gasteiger partial charge in [0.05, 0.1) is 21.2 Å². The Morgan fingerprint density at radius 3 is 2.45 bits per heavy atom. The molecule has 1 heterocycles. The first kappa shape index (κ1) is 21.3. The molecule has 0 saturated carbocycles. The number of hydrogen-bond acceptors (Lipinski definition) is 4. The summed E-state index contributed by atoms with van der Waals surface area (Å²) in [5.41, 5.74) is 1.53. The van der Waals surface area contributed by atoms with E-state index in [2.05, 4.69) is 9.98 Å².